The van der Waals surface area contributed by atoms with Gasteiger partial charge in [0.2, 0.25) is 0 Å². The van der Waals surface area contributed by atoms with E-state index in [1.54, 1.807) is 55.7 Å². The van der Waals surface area contributed by atoms with E-state index in [4.69, 9.17) is 9.84 Å². The van der Waals surface area contributed by atoms with Gasteiger partial charge < -0.3 is 15.2 Å². The van der Waals surface area contributed by atoms with Gasteiger partial charge in [-0.05, 0) is 43.3 Å². The maximum Gasteiger partial charge on any atom is 0.251 e. The SMILES string of the molecule is CC(CO)NC(=O)c1ccc(Oc2cccnc2)cc1. The van der Waals surface area contributed by atoms with Crippen LogP contribution in [0.5, 0.6) is 11.5 Å². The number of carbonyl (C=O) groups is 1. The molecule has 1 aromatic carbocycles. The number of carbonyl (C=O) groups excluding carboxylic acids is 1. The molecule has 0 radical (unpaired) electrons. The van der Waals surface area contributed by atoms with Crippen LogP contribution in [0.2, 0.25) is 0 Å². The molecule has 1 heterocycles. The van der Waals surface area contributed by atoms with E-state index in [1.165, 1.54) is 0 Å². The van der Waals surface area contributed by atoms with Crippen molar-refractivity contribution in [1.82, 2.24) is 10.3 Å². The summed E-state index contributed by atoms with van der Waals surface area (Å²) in [6, 6.07) is 10.1. The molecule has 0 aliphatic heterocycles. The number of nitrogens with one attached hydrogen (secondary N) is 1. The number of aliphatic hydroxyl groups is 1. The number of hydrogen-bond acceptors (Lipinski definition) is 4. The highest BCUT2D eigenvalue weighted by molar-refractivity contribution is 5.94. The summed E-state index contributed by atoms with van der Waals surface area (Å²) in [5.41, 5.74) is 0.517. The fraction of sp³-hybridized carbons (Fsp3) is 0.200. The summed E-state index contributed by atoms with van der Waals surface area (Å²) in [6.07, 6.45) is 3.28. The normalized spacial score (nSPS) is 11.7. The minimum absolute atomic E-state index is 0.0893. The third-order valence-electron chi connectivity index (χ3n) is 2.64. The van der Waals surface area contributed by atoms with E-state index in [1.807, 2.05) is 0 Å². The topological polar surface area (TPSA) is 71.5 Å². The summed E-state index contributed by atoms with van der Waals surface area (Å²) in [7, 11) is 0. The second kappa shape index (κ2) is 6.68. The fourth-order valence-electron chi connectivity index (χ4n) is 1.57. The molecule has 1 amide bonds. The van der Waals surface area contributed by atoms with Crippen molar-refractivity contribution < 1.29 is 14.6 Å². The molecule has 0 fully saturated rings. The molecule has 0 spiro atoms. The predicted molar refractivity (Wildman–Crippen MR) is 74.8 cm³/mol. The zero-order valence-electron chi connectivity index (χ0n) is 11.1. The van der Waals surface area contributed by atoms with Crippen LogP contribution in [0.25, 0.3) is 0 Å². The molecule has 0 aliphatic rings. The van der Waals surface area contributed by atoms with E-state index < -0.39 is 0 Å². The van der Waals surface area contributed by atoms with E-state index in [-0.39, 0.29) is 18.6 Å². The third kappa shape index (κ3) is 3.80. The number of aliphatic hydroxyl groups excluding tert-OH is 1. The van der Waals surface area contributed by atoms with Gasteiger partial charge in [-0.1, -0.05) is 0 Å². The minimum Gasteiger partial charge on any atom is -0.456 e. The monoisotopic (exact) mass is 272 g/mol. The van der Waals surface area contributed by atoms with Crippen molar-refractivity contribution in [2.45, 2.75) is 13.0 Å². The highest BCUT2D eigenvalue weighted by atomic mass is 16.5. The highest BCUT2D eigenvalue weighted by Crippen LogP contribution is 2.20. The van der Waals surface area contributed by atoms with E-state index >= 15 is 0 Å². The summed E-state index contributed by atoms with van der Waals surface area (Å²) in [4.78, 5) is 15.8. The Hall–Kier alpha value is -2.40. The Morgan fingerprint density at radius 2 is 2.05 bits per heavy atom. The fourth-order valence-corrected chi connectivity index (χ4v) is 1.57. The Balaban J connectivity index is 2.01. The molecule has 2 aromatic rings. The van der Waals surface area contributed by atoms with Crippen molar-refractivity contribution >= 4 is 5.91 Å². The van der Waals surface area contributed by atoms with Gasteiger partial charge in [0.1, 0.15) is 11.5 Å². The average molecular weight is 272 g/mol. The summed E-state index contributed by atoms with van der Waals surface area (Å²) in [5, 5.41) is 11.6. The van der Waals surface area contributed by atoms with Gasteiger partial charge in [-0.25, -0.2) is 0 Å². The van der Waals surface area contributed by atoms with Crippen LogP contribution >= 0.6 is 0 Å². The predicted octanol–water partition coefficient (Wildman–Crippen LogP) is 1.98. The van der Waals surface area contributed by atoms with Crippen LogP contribution in [0.15, 0.2) is 48.8 Å². The summed E-state index contributed by atoms with van der Waals surface area (Å²) in [5.74, 6) is 1.04. The van der Waals surface area contributed by atoms with Crippen LogP contribution < -0.4 is 10.1 Å². The van der Waals surface area contributed by atoms with Crippen molar-refractivity contribution in [3.05, 3.63) is 54.4 Å². The Morgan fingerprint density at radius 3 is 2.65 bits per heavy atom. The van der Waals surface area contributed by atoms with Crippen molar-refractivity contribution in [3.8, 4) is 11.5 Å². The van der Waals surface area contributed by atoms with E-state index in [0.717, 1.165) is 0 Å². The molecule has 1 aromatic heterocycles. The van der Waals surface area contributed by atoms with Gasteiger partial charge in [0.15, 0.2) is 0 Å². The van der Waals surface area contributed by atoms with Crippen LogP contribution in [0.4, 0.5) is 0 Å². The van der Waals surface area contributed by atoms with Gasteiger partial charge in [-0.15, -0.1) is 0 Å². The van der Waals surface area contributed by atoms with Gasteiger partial charge in [0, 0.05) is 17.8 Å². The molecule has 5 heteroatoms. The first kappa shape index (κ1) is 14.0. The lowest BCUT2D eigenvalue weighted by Gasteiger charge is -2.11. The molecular formula is C15H16N2O3. The second-order valence-corrected chi connectivity index (χ2v) is 4.37. The number of nitrogens with zero attached hydrogens (tertiary/aromatic N) is 1. The average Bonchev–Trinajstić information content (AvgIpc) is 2.49. The lowest BCUT2D eigenvalue weighted by molar-refractivity contribution is 0.0922. The molecule has 5 nitrogen and oxygen atoms in total. The summed E-state index contributed by atoms with van der Waals surface area (Å²) >= 11 is 0. The molecule has 1 unspecified atom stereocenters. The Morgan fingerprint density at radius 1 is 1.30 bits per heavy atom. The van der Waals surface area contributed by atoms with E-state index in [9.17, 15) is 4.79 Å². The second-order valence-electron chi connectivity index (χ2n) is 4.37. The maximum atomic E-state index is 11.8. The minimum atomic E-state index is -0.270. The third-order valence-corrected chi connectivity index (χ3v) is 2.64. The number of benzene rings is 1. The largest absolute Gasteiger partial charge is 0.456 e. The van der Waals surface area contributed by atoms with Crippen LogP contribution in [-0.2, 0) is 0 Å². The Labute approximate surface area is 117 Å². The van der Waals surface area contributed by atoms with Crippen LogP contribution in [0.1, 0.15) is 17.3 Å². The molecule has 0 aliphatic carbocycles. The summed E-state index contributed by atoms with van der Waals surface area (Å²) in [6.45, 7) is 1.64. The molecule has 1 atom stereocenters. The first-order valence-corrected chi connectivity index (χ1v) is 6.28. The molecular weight excluding hydrogens is 256 g/mol. The van der Waals surface area contributed by atoms with Gasteiger partial charge in [-0.2, -0.15) is 0 Å². The molecule has 20 heavy (non-hydrogen) atoms. The maximum absolute atomic E-state index is 11.8. The molecule has 0 saturated carbocycles. The van der Waals surface area contributed by atoms with E-state index in [0.29, 0.717) is 17.1 Å². The number of hydrogen-bond donors (Lipinski definition) is 2. The van der Waals surface area contributed by atoms with Crippen molar-refractivity contribution in [2.75, 3.05) is 6.61 Å². The molecule has 2 rings (SSSR count). The van der Waals surface area contributed by atoms with Crippen molar-refractivity contribution in [3.63, 3.8) is 0 Å². The quantitative estimate of drug-likeness (QED) is 0.873. The first-order valence-electron chi connectivity index (χ1n) is 6.28. The molecule has 0 saturated heterocycles. The van der Waals surface area contributed by atoms with E-state index in [2.05, 4.69) is 10.3 Å². The van der Waals surface area contributed by atoms with Crippen LogP contribution in [0.3, 0.4) is 0 Å². The molecule has 0 bridgehead atoms. The molecule has 2 N–H and O–H groups in total. The Bertz CT molecular complexity index is 555. The van der Waals surface area contributed by atoms with Crippen molar-refractivity contribution in [2.24, 2.45) is 0 Å². The van der Waals surface area contributed by atoms with Gasteiger partial charge in [-0.3, -0.25) is 9.78 Å². The standard InChI is InChI=1S/C15H16N2O3/c1-11(10-18)17-15(19)12-4-6-13(7-5-12)20-14-3-2-8-16-9-14/h2-9,11,18H,10H2,1H3,(H,17,19). The Kier molecular flexibility index (Phi) is 4.68. The number of rotatable bonds is 5. The smallest absolute Gasteiger partial charge is 0.251 e. The first-order chi connectivity index (χ1) is 9.69. The zero-order chi connectivity index (χ0) is 14.4. The van der Waals surface area contributed by atoms with Gasteiger partial charge >= 0.3 is 0 Å². The number of pyridine rings is 1. The summed E-state index contributed by atoms with van der Waals surface area (Å²) < 4.78 is 5.58. The zero-order valence-corrected chi connectivity index (χ0v) is 11.1. The van der Waals surface area contributed by atoms with Crippen molar-refractivity contribution in [1.29, 1.82) is 0 Å². The van der Waals surface area contributed by atoms with Crippen LogP contribution in [-0.4, -0.2) is 28.6 Å². The number of amides is 1. The number of aromatic nitrogens is 1. The lowest BCUT2D eigenvalue weighted by atomic mass is 10.2. The van der Waals surface area contributed by atoms with Crippen LogP contribution in [0, 0.1) is 0 Å². The number of ether oxygens (including phenoxy) is 1. The lowest BCUT2D eigenvalue weighted by Crippen LogP contribution is -2.34. The van der Waals surface area contributed by atoms with Gasteiger partial charge in [0.25, 0.3) is 5.91 Å². The molecule has 104 valence electrons. The highest BCUT2D eigenvalue weighted by Gasteiger charge is 2.09. The van der Waals surface area contributed by atoms with Gasteiger partial charge in [0.05, 0.1) is 12.8 Å².